The molecule has 3 nitrogen and oxygen atoms in total. The summed E-state index contributed by atoms with van der Waals surface area (Å²) < 4.78 is 11.5. The molecule has 1 aromatic carbocycles. The van der Waals surface area contributed by atoms with Crippen LogP contribution in [0.5, 0.6) is 5.75 Å². The van der Waals surface area contributed by atoms with Crippen molar-refractivity contribution in [3.05, 3.63) is 28.8 Å². The van der Waals surface area contributed by atoms with Crippen molar-refractivity contribution in [3.63, 3.8) is 0 Å². The summed E-state index contributed by atoms with van der Waals surface area (Å²) in [4.78, 5) is 12.2. The van der Waals surface area contributed by atoms with Gasteiger partial charge in [0.25, 0.3) is 8.32 Å². The highest BCUT2D eigenvalue weighted by Crippen LogP contribution is 2.41. The summed E-state index contributed by atoms with van der Waals surface area (Å²) in [6.07, 6.45) is 4.43. The van der Waals surface area contributed by atoms with Crippen LogP contribution in [-0.2, 0) is 17.6 Å². The van der Waals surface area contributed by atoms with Crippen LogP contribution >= 0.6 is 0 Å². The fourth-order valence-corrected chi connectivity index (χ4v) is 3.64. The summed E-state index contributed by atoms with van der Waals surface area (Å²) in [7, 11) is -0.574. The first-order valence-corrected chi connectivity index (χ1v) is 11.0. The fraction of sp³-hybridized carbons (Fsp3) is 0.611. The van der Waals surface area contributed by atoms with E-state index in [0.717, 1.165) is 25.0 Å². The predicted molar refractivity (Wildman–Crippen MR) is 92.2 cm³/mol. The maximum Gasteiger partial charge on any atom is 0.341 e. The normalized spacial score (nSPS) is 15.2. The van der Waals surface area contributed by atoms with Crippen LogP contribution in [0, 0.1) is 0 Å². The molecule has 0 fully saturated rings. The molecule has 0 spiro atoms. The van der Waals surface area contributed by atoms with Crippen LogP contribution in [0.15, 0.2) is 12.1 Å². The second kappa shape index (κ2) is 6.07. The molecule has 122 valence electrons. The van der Waals surface area contributed by atoms with Crippen molar-refractivity contribution < 1.29 is 14.0 Å². The van der Waals surface area contributed by atoms with E-state index < -0.39 is 8.32 Å². The van der Waals surface area contributed by atoms with Gasteiger partial charge in [-0.2, -0.15) is 0 Å². The van der Waals surface area contributed by atoms with Crippen LogP contribution < -0.4 is 4.43 Å². The fourth-order valence-electron chi connectivity index (χ4n) is 2.59. The van der Waals surface area contributed by atoms with Crippen molar-refractivity contribution in [3.8, 4) is 5.75 Å². The Balaban J connectivity index is 2.53. The molecule has 0 saturated heterocycles. The largest absolute Gasteiger partial charge is 0.543 e. The molecule has 1 aliphatic rings. The number of fused-ring (bicyclic) bond motifs is 1. The number of benzene rings is 1. The molecule has 2 rings (SSSR count). The molecule has 0 unspecified atom stereocenters. The number of hydrogen-bond donors (Lipinski definition) is 0. The molecule has 0 amide bonds. The summed E-state index contributed by atoms with van der Waals surface area (Å²) in [5, 5.41) is 0.0950. The van der Waals surface area contributed by atoms with Crippen LogP contribution in [0.4, 0.5) is 0 Å². The minimum absolute atomic E-state index is 0.0950. The average Bonchev–Trinajstić information content (AvgIpc) is 2.45. The van der Waals surface area contributed by atoms with E-state index in [1.807, 2.05) is 6.07 Å². The molecule has 0 N–H and O–H groups in total. The molecule has 0 aromatic heterocycles. The highest BCUT2D eigenvalue weighted by Gasteiger charge is 2.40. The Morgan fingerprint density at radius 2 is 1.77 bits per heavy atom. The summed E-state index contributed by atoms with van der Waals surface area (Å²) in [6, 6.07) is 3.94. The monoisotopic (exact) mass is 320 g/mol. The quantitative estimate of drug-likeness (QED) is 0.596. The predicted octanol–water partition coefficient (Wildman–Crippen LogP) is 4.74. The molecule has 22 heavy (non-hydrogen) atoms. The number of ether oxygens (including phenoxy) is 1. The Morgan fingerprint density at radius 3 is 2.36 bits per heavy atom. The Kier molecular flexibility index (Phi) is 4.71. The van der Waals surface area contributed by atoms with Gasteiger partial charge in [0.15, 0.2) is 0 Å². The van der Waals surface area contributed by atoms with E-state index in [1.165, 1.54) is 24.7 Å². The van der Waals surface area contributed by atoms with E-state index in [9.17, 15) is 4.79 Å². The van der Waals surface area contributed by atoms with E-state index in [2.05, 4.69) is 39.9 Å². The summed E-state index contributed by atoms with van der Waals surface area (Å²) in [5.74, 6) is 0.484. The molecule has 1 aromatic rings. The molecular weight excluding hydrogens is 292 g/mol. The number of carbonyl (C=O) groups excluding carboxylic acids is 1. The molecule has 0 atom stereocenters. The van der Waals surface area contributed by atoms with Crippen molar-refractivity contribution in [2.75, 3.05) is 7.11 Å². The van der Waals surface area contributed by atoms with Crippen LogP contribution in [0.2, 0.25) is 18.1 Å². The van der Waals surface area contributed by atoms with Crippen molar-refractivity contribution >= 4 is 14.3 Å². The molecule has 0 saturated carbocycles. The van der Waals surface area contributed by atoms with Crippen LogP contribution in [0.1, 0.15) is 55.1 Å². The van der Waals surface area contributed by atoms with E-state index >= 15 is 0 Å². The second-order valence-corrected chi connectivity index (χ2v) is 12.4. The molecule has 4 heteroatoms. The average molecular weight is 321 g/mol. The molecule has 0 heterocycles. The molecular formula is C18H28O3Si. The Hall–Kier alpha value is -1.29. The van der Waals surface area contributed by atoms with E-state index in [1.54, 1.807) is 0 Å². The lowest BCUT2D eigenvalue weighted by atomic mass is 9.89. The van der Waals surface area contributed by atoms with Gasteiger partial charge in [0.1, 0.15) is 11.3 Å². The zero-order valence-corrected chi connectivity index (χ0v) is 15.7. The van der Waals surface area contributed by atoms with E-state index in [4.69, 9.17) is 9.16 Å². The van der Waals surface area contributed by atoms with Crippen LogP contribution in [0.3, 0.4) is 0 Å². The maximum absolute atomic E-state index is 12.2. The molecule has 0 radical (unpaired) electrons. The zero-order valence-electron chi connectivity index (χ0n) is 14.7. The van der Waals surface area contributed by atoms with Gasteiger partial charge >= 0.3 is 5.97 Å². The van der Waals surface area contributed by atoms with E-state index in [0.29, 0.717) is 5.56 Å². The number of carbonyl (C=O) groups is 1. The number of methoxy groups -OCH3 is 1. The molecule has 0 aliphatic heterocycles. The zero-order chi connectivity index (χ0) is 16.5. The van der Waals surface area contributed by atoms with Gasteiger partial charge in [-0.25, -0.2) is 4.79 Å². The van der Waals surface area contributed by atoms with Crippen molar-refractivity contribution in [2.24, 2.45) is 0 Å². The highest BCUT2D eigenvalue weighted by atomic mass is 28.4. The smallest absolute Gasteiger partial charge is 0.341 e. The van der Waals surface area contributed by atoms with E-state index in [-0.39, 0.29) is 11.0 Å². The Morgan fingerprint density at radius 1 is 1.14 bits per heavy atom. The van der Waals surface area contributed by atoms with Crippen LogP contribution in [-0.4, -0.2) is 21.4 Å². The number of hydrogen-bond acceptors (Lipinski definition) is 3. The first-order valence-electron chi connectivity index (χ1n) is 8.09. The maximum atomic E-state index is 12.2. The second-order valence-electron chi connectivity index (χ2n) is 7.64. The number of aryl methyl sites for hydroxylation is 1. The summed E-state index contributed by atoms with van der Waals surface area (Å²) in [5.41, 5.74) is 3.12. The number of rotatable bonds is 3. The summed E-state index contributed by atoms with van der Waals surface area (Å²) >= 11 is 0. The summed E-state index contributed by atoms with van der Waals surface area (Å²) in [6.45, 7) is 11.1. The Bertz CT molecular complexity index is 570. The molecule has 1 aliphatic carbocycles. The van der Waals surface area contributed by atoms with Crippen LogP contribution in [0.25, 0.3) is 0 Å². The van der Waals surface area contributed by atoms with Crippen molar-refractivity contribution in [2.45, 2.75) is 64.6 Å². The van der Waals surface area contributed by atoms with Gasteiger partial charge in [0.2, 0.25) is 0 Å². The van der Waals surface area contributed by atoms with Gasteiger partial charge in [0.05, 0.1) is 7.11 Å². The van der Waals surface area contributed by atoms with Gasteiger partial charge in [-0.15, -0.1) is 0 Å². The van der Waals surface area contributed by atoms with Gasteiger partial charge in [0, 0.05) is 0 Å². The first kappa shape index (κ1) is 17.1. The third-order valence-corrected chi connectivity index (χ3v) is 9.38. The van der Waals surface area contributed by atoms with Gasteiger partial charge in [-0.3, -0.25) is 0 Å². The first-order chi connectivity index (χ1) is 10.2. The SMILES string of the molecule is COC(=O)c1ccc2c(c1O[Si](C)(C)C(C)(C)C)CCCC2. The minimum Gasteiger partial charge on any atom is -0.543 e. The minimum atomic E-state index is -2.00. The number of esters is 1. The van der Waals surface area contributed by atoms with Gasteiger partial charge in [-0.05, 0) is 61.0 Å². The lowest BCUT2D eigenvalue weighted by molar-refractivity contribution is 0.0598. The molecule has 0 bridgehead atoms. The van der Waals surface area contributed by atoms with Gasteiger partial charge in [-0.1, -0.05) is 26.8 Å². The standard InChI is InChI=1S/C18H28O3Si/c1-18(2,3)22(5,6)21-16-14-10-8-7-9-13(14)11-12-15(16)17(19)20-4/h11-12H,7-10H2,1-6H3. The topological polar surface area (TPSA) is 35.5 Å². The third-order valence-electron chi connectivity index (χ3n) is 5.05. The lowest BCUT2D eigenvalue weighted by Crippen LogP contribution is -2.44. The third kappa shape index (κ3) is 3.22. The Labute approximate surface area is 135 Å². The van der Waals surface area contributed by atoms with Gasteiger partial charge < -0.3 is 9.16 Å². The highest BCUT2D eigenvalue weighted by molar-refractivity contribution is 6.74. The van der Waals surface area contributed by atoms with Crippen molar-refractivity contribution in [1.29, 1.82) is 0 Å². The van der Waals surface area contributed by atoms with Crippen molar-refractivity contribution in [1.82, 2.24) is 0 Å². The lowest BCUT2D eigenvalue weighted by Gasteiger charge is -2.38.